The molecular formula is C23H19ClF3N3. The summed E-state index contributed by atoms with van der Waals surface area (Å²) in [6, 6.07) is 20.3. The summed E-state index contributed by atoms with van der Waals surface area (Å²) in [5.41, 5.74) is 3.05. The first kappa shape index (κ1) is 20.3. The number of alkyl halides is 3. The lowest BCUT2D eigenvalue weighted by molar-refractivity contribution is -0.137. The van der Waals surface area contributed by atoms with Gasteiger partial charge in [-0.1, -0.05) is 35.9 Å². The molecule has 7 heteroatoms. The Morgan fingerprint density at radius 2 is 1.57 bits per heavy atom. The third-order valence-corrected chi connectivity index (χ3v) is 5.21. The first-order valence-corrected chi connectivity index (χ1v) is 9.86. The molecule has 30 heavy (non-hydrogen) atoms. The van der Waals surface area contributed by atoms with E-state index in [-0.39, 0.29) is 0 Å². The van der Waals surface area contributed by atoms with E-state index in [0.29, 0.717) is 23.2 Å². The Hall–Kier alpha value is -2.99. The summed E-state index contributed by atoms with van der Waals surface area (Å²) in [7, 11) is 0. The number of anilines is 1. The number of nitrogens with zero attached hydrogens (tertiary/aromatic N) is 2. The molecule has 0 aromatic heterocycles. The molecule has 0 spiro atoms. The van der Waals surface area contributed by atoms with Crippen molar-refractivity contribution in [3.63, 3.8) is 0 Å². The minimum Gasteiger partial charge on any atom is -0.338 e. The Labute approximate surface area is 177 Å². The van der Waals surface area contributed by atoms with Gasteiger partial charge in [0.25, 0.3) is 0 Å². The topological polar surface area (TPSA) is 27.6 Å². The third-order valence-electron chi connectivity index (χ3n) is 4.96. The highest BCUT2D eigenvalue weighted by atomic mass is 35.5. The van der Waals surface area contributed by atoms with Crippen molar-refractivity contribution in [2.24, 2.45) is 4.99 Å². The minimum absolute atomic E-state index is 0.443. The Morgan fingerprint density at radius 1 is 0.900 bits per heavy atom. The van der Waals surface area contributed by atoms with Gasteiger partial charge < -0.3 is 10.2 Å². The van der Waals surface area contributed by atoms with Crippen LogP contribution in [0.25, 0.3) is 0 Å². The normalized spacial score (nSPS) is 14.4. The zero-order valence-electron chi connectivity index (χ0n) is 16.0. The highest BCUT2D eigenvalue weighted by Gasteiger charge is 2.30. The number of guanidine groups is 1. The molecule has 0 fully saturated rings. The van der Waals surface area contributed by atoms with Crippen molar-refractivity contribution in [2.45, 2.75) is 19.1 Å². The standard InChI is InChI=1S/C23H19ClF3N3/c24-19-7-11-21(12-8-19)29-22(28-20-9-5-18(6-10-20)23(25,26)27)30-14-13-16-3-1-2-4-17(16)15-30/h1-12H,13-15H2,(H,28,29). The number of hydrogen-bond acceptors (Lipinski definition) is 1. The Balaban J connectivity index is 1.65. The second-order valence-electron chi connectivity index (χ2n) is 7.05. The second kappa shape index (κ2) is 8.40. The highest BCUT2D eigenvalue weighted by molar-refractivity contribution is 6.30. The molecule has 3 aromatic rings. The fraction of sp³-hybridized carbons (Fsp3) is 0.174. The first-order chi connectivity index (χ1) is 14.4. The SMILES string of the molecule is FC(F)(F)c1ccc(N=C(Nc2ccc(Cl)cc2)N2CCc3ccccc3C2)cc1. The molecular weight excluding hydrogens is 411 g/mol. The summed E-state index contributed by atoms with van der Waals surface area (Å²) >= 11 is 5.97. The minimum atomic E-state index is -4.37. The zero-order chi connectivity index (χ0) is 21.1. The quantitative estimate of drug-likeness (QED) is 0.371. The molecule has 3 aromatic carbocycles. The van der Waals surface area contributed by atoms with Crippen molar-refractivity contribution in [2.75, 3.05) is 11.9 Å². The van der Waals surface area contributed by atoms with E-state index in [1.54, 1.807) is 12.1 Å². The molecule has 154 valence electrons. The van der Waals surface area contributed by atoms with Gasteiger partial charge in [-0.3, -0.25) is 0 Å². The summed E-state index contributed by atoms with van der Waals surface area (Å²) in [4.78, 5) is 6.72. The van der Waals surface area contributed by atoms with Crippen LogP contribution >= 0.6 is 11.6 Å². The van der Waals surface area contributed by atoms with Crippen molar-refractivity contribution >= 4 is 28.9 Å². The maximum Gasteiger partial charge on any atom is 0.416 e. The number of benzene rings is 3. The molecule has 1 aliphatic heterocycles. The number of hydrogen-bond donors (Lipinski definition) is 1. The summed E-state index contributed by atoms with van der Waals surface area (Å²) < 4.78 is 38.6. The van der Waals surface area contributed by atoms with Gasteiger partial charge in [0.05, 0.1) is 11.3 Å². The van der Waals surface area contributed by atoms with E-state index in [1.807, 2.05) is 24.3 Å². The molecule has 1 heterocycles. The van der Waals surface area contributed by atoms with Crippen LogP contribution in [-0.4, -0.2) is 17.4 Å². The van der Waals surface area contributed by atoms with Crippen LogP contribution in [0.1, 0.15) is 16.7 Å². The molecule has 0 saturated heterocycles. The van der Waals surface area contributed by atoms with Crippen LogP contribution in [0.3, 0.4) is 0 Å². The molecule has 0 saturated carbocycles. The predicted octanol–water partition coefficient (Wildman–Crippen LogP) is 6.52. The van der Waals surface area contributed by atoms with Crippen molar-refractivity contribution < 1.29 is 13.2 Å². The van der Waals surface area contributed by atoms with E-state index in [4.69, 9.17) is 11.6 Å². The van der Waals surface area contributed by atoms with Crippen molar-refractivity contribution in [1.82, 2.24) is 4.90 Å². The van der Waals surface area contributed by atoms with E-state index in [9.17, 15) is 13.2 Å². The van der Waals surface area contributed by atoms with Crippen molar-refractivity contribution in [3.05, 3.63) is 94.5 Å². The molecule has 0 unspecified atom stereocenters. The van der Waals surface area contributed by atoms with Crippen molar-refractivity contribution in [3.8, 4) is 0 Å². The van der Waals surface area contributed by atoms with Gasteiger partial charge in [0, 0.05) is 23.8 Å². The van der Waals surface area contributed by atoms with Gasteiger partial charge in [-0.2, -0.15) is 13.2 Å². The number of nitrogens with one attached hydrogen (secondary N) is 1. The average Bonchev–Trinajstić information content (AvgIpc) is 2.74. The van der Waals surface area contributed by atoms with Gasteiger partial charge >= 0.3 is 6.18 Å². The van der Waals surface area contributed by atoms with E-state index in [1.165, 1.54) is 23.3 Å². The van der Waals surface area contributed by atoms with Gasteiger partial charge in [-0.25, -0.2) is 4.99 Å². The highest BCUT2D eigenvalue weighted by Crippen LogP contribution is 2.30. The summed E-state index contributed by atoms with van der Waals surface area (Å²) in [6.45, 7) is 1.41. The van der Waals surface area contributed by atoms with Crippen LogP contribution in [0.4, 0.5) is 24.5 Å². The Kier molecular flexibility index (Phi) is 5.68. The average molecular weight is 430 g/mol. The Bertz CT molecular complexity index is 1040. The number of aliphatic imine (C=N–C) groups is 1. The van der Waals surface area contributed by atoms with E-state index in [2.05, 4.69) is 27.3 Å². The summed E-state index contributed by atoms with van der Waals surface area (Å²) in [5.74, 6) is 0.576. The number of rotatable bonds is 2. The maximum atomic E-state index is 12.9. The van der Waals surface area contributed by atoms with Gasteiger partial charge in [-0.05, 0) is 66.1 Å². The molecule has 0 bridgehead atoms. The zero-order valence-corrected chi connectivity index (χ0v) is 16.7. The number of fused-ring (bicyclic) bond motifs is 1. The maximum absolute atomic E-state index is 12.9. The fourth-order valence-electron chi connectivity index (χ4n) is 3.36. The largest absolute Gasteiger partial charge is 0.416 e. The molecule has 3 nitrogen and oxygen atoms in total. The molecule has 0 atom stereocenters. The van der Waals surface area contributed by atoms with Crippen LogP contribution in [0.5, 0.6) is 0 Å². The molecule has 0 radical (unpaired) electrons. The molecule has 1 N–H and O–H groups in total. The van der Waals surface area contributed by atoms with Crippen LogP contribution in [0, 0.1) is 0 Å². The van der Waals surface area contributed by atoms with Gasteiger partial charge in [0.15, 0.2) is 0 Å². The predicted molar refractivity (Wildman–Crippen MR) is 114 cm³/mol. The van der Waals surface area contributed by atoms with Gasteiger partial charge in [0.1, 0.15) is 0 Å². The third kappa shape index (κ3) is 4.76. The summed E-state index contributed by atoms with van der Waals surface area (Å²) in [6.07, 6.45) is -3.51. The van der Waals surface area contributed by atoms with E-state index in [0.717, 1.165) is 30.8 Å². The lowest BCUT2D eigenvalue weighted by atomic mass is 10.0. The van der Waals surface area contributed by atoms with Gasteiger partial charge in [-0.15, -0.1) is 0 Å². The lowest BCUT2D eigenvalue weighted by Gasteiger charge is -2.31. The smallest absolute Gasteiger partial charge is 0.338 e. The number of halogens is 4. The fourth-order valence-corrected chi connectivity index (χ4v) is 3.49. The molecule has 0 amide bonds. The lowest BCUT2D eigenvalue weighted by Crippen LogP contribution is -2.40. The van der Waals surface area contributed by atoms with Gasteiger partial charge in [0.2, 0.25) is 5.96 Å². The van der Waals surface area contributed by atoms with Crippen molar-refractivity contribution in [1.29, 1.82) is 0 Å². The second-order valence-corrected chi connectivity index (χ2v) is 7.49. The van der Waals surface area contributed by atoms with E-state index < -0.39 is 11.7 Å². The van der Waals surface area contributed by atoms with E-state index >= 15 is 0 Å². The van der Waals surface area contributed by atoms with Crippen LogP contribution < -0.4 is 5.32 Å². The molecule has 1 aliphatic rings. The molecule has 0 aliphatic carbocycles. The first-order valence-electron chi connectivity index (χ1n) is 9.49. The molecule has 4 rings (SSSR count). The monoisotopic (exact) mass is 429 g/mol. The Morgan fingerprint density at radius 3 is 2.23 bits per heavy atom. The van der Waals surface area contributed by atoms with Crippen LogP contribution in [0.15, 0.2) is 77.8 Å². The van der Waals surface area contributed by atoms with Crippen LogP contribution in [-0.2, 0) is 19.1 Å². The summed E-state index contributed by atoms with van der Waals surface area (Å²) in [5, 5.41) is 3.91. The van der Waals surface area contributed by atoms with Crippen LogP contribution in [0.2, 0.25) is 5.02 Å².